The minimum atomic E-state index is -4.50. The number of aromatic nitrogens is 2. The van der Waals surface area contributed by atoms with Gasteiger partial charge in [-0.1, -0.05) is 36.4 Å². The smallest absolute Gasteiger partial charge is 0.416 e. The van der Waals surface area contributed by atoms with Crippen LogP contribution in [0.15, 0.2) is 70.3 Å². The lowest BCUT2D eigenvalue weighted by atomic mass is 9.94. The molecule has 156 valence electrons. The summed E-state index contributed by atoms with van der Waals surface area (Å²) in [5, 5.41) is 18.4. The number of rotatable bonds is 4. The van der Waals surface area contributed by atoms with Crippen LogP contribution in [0, 0.1) is 0 Å². The molecule has 4 rings (SSSR count). The molecule has 6 nitrogen and oxygen atoms in total. The Morgan fingerprint density at radius 1 is 1.13 bits per heavy atom. The lowest BCUT2D eigenvalue weighted by Crippen LogP contribution is -2.41. The van der Waals surface area contributed by atoms with E-state index >= 15 is 0 Å². The van der Waals surface area contributed by atoms with E-state index < -0.39 is 17.8 Å². The van der Waals surface area contributed by atoms with Gasteiger partial charge in [0.15, 0.2) is 6.04 Å². The van der Waals surface area contributed by atoms with Crippen molar-refractivity contribution in [3.63, 3.8) is 0 Å². The zero-order chi connectivity index (χ0) is 21.1. The summed E-state index contributed by atoms with van der Waals surface area (Å²) < 4.78 is 45.2. The fraction of sp³-hybridized carbons (Fsp3) is 0.286. The molecule has 0 saturated heterocycles. The minimum absolute atomic E-state index is 0.00842. The summed E-state index contributed by atoms with van der Waals surface area (Å²) in [5.74, 6) is 0.270. The second-order valence-electron chi connectivity index (χ2n) is 7.16. The number of anilines is 1. The predicted octanol–water partition coefficient (Wildman–Crippen LogP) is 3.95. The van der Waals surface area contributed by atoms with Crippen LogP contribution in [0.3, 0.4) is 0 Å². The minimum Gasteiger partial charge on any atom is -0.846 e. The van der Waals surface area contributed by atoms with E-state index in [1.54, 1.807) is 4.68 Å². The highest BCUT2D eigenvalue weighted by Gasteiger charge is 2.38. The van der Waals surface area contributed by atoms with Gasteiger partial charge in [-0.2, -0.15) is 13.2 Å². The molecule has 1 aromatic heterocycles. The molecule has 2 aromatic carbocycles. The summed E-state index contributed by atoms with van der Waals surface area (Å²) in [4.78, 5) is 3.75. The van der Waals surface area contributed by atoms with E-state index in [0.717, 1.165) is 31.4 Å². The maximum absolute atomic E-state index is 12.8. The molecule has 1 saturated carbocycles. The number of nitrogens with one attached hydrogen (secondary N) is 1. The highest BCUT2D eigenvalue weighted by molar-refractivity contribution is 5.87. The standard InChI is InChI=1S/C21H19F3N4O2/c22-21(23,24)15-8-4-9-16(12-15)25-20(29)26-19-13-28(27-30-19)18-11-5-10-17(18)14-6-2-1-3-7-14/h1-4,6-9,12-13,17-18H,5,10-11H2,(H-,25,26,27,29)/t17-,18+/m0/s1. The van der Waals surface area contributed by atoms with E-state index in [-0.39, 0.29) is 23.5 Å². The summed E-state index contributed by atoms with van der Waals surface area (Å²) in [6.45, 7) is 0. The summed E-state index contributed by atoms with van der Waals surface area (Å²) in [5.41, 5.74) is 0.355. The first-order valence-corrected chi connectivity index (χ1v) is 9.53. The Hall–Kier alpha value is -3.36. The van der Waals surface area contributed by atoms with Crippen molar-refractivity contribution in [1.82, 2.24) is 5.27 Å². The fourth-order valence-electron chi connectivity index (χ4n) is 3.83. The Labute approximate surface area is 170 Å². The summed E-state index contributed by atoms with van der Waals surface area (Å²) >= 11 is 0. The van der Waals surface area contributed by atoms with Crippen molar-refractivity contribution < 1.29 is 27.5 Å². The fourth-order valence-corrected chi connectivity index (χ4v) is 3.83. The first-order valence-electron chi connectivity index (χ1n) is 9.53. The van der Waals surface area contributed by atoms with Crippen molar-refractivity contribution >= 4 is 17.6 Å². The van der Waals surface area contributed by atoms with Crippen LogP contribution in [0.1, 0.15) is 42.3 Å². The van der Waals surface area contributed by atoms with Crippen molar-refractivity contribution in [3.05, 3.63) is 71.9 Å². The van der Waals surface area contributed by atoms with Gasteiger partial charge in [-0.3, -0.25) is 4.52 Å². The first-order chi connectivity index (χ1) is 14.4. The number of amidine groups is 1. The normalized spacial score (nSPS) is 19.8. The second-order valence-corrected chi connectivity index (χ2v) is 7.16. The predicted molar refractivity (Wildman–Crippen MR) is 101 cm³/mol. The van der Waals surface area contributed by atoms with Gasteiger partial charge in [-0.25, -0.2) is 4.99 Å². The van der Waals surface area contributed by atoms with Crippen LogP contribution in [-0.2, 0) is 6.18 Å². The number of benzene rings is 2. The molecule has 0 aliphatic heterocycles. The Kier molecular flexibility index (Phi) is 5.43. The van der Waals surface area contributed by atoms with E-state index in [9.17, 15) is 18.3 Å². The van der Waals surface area contributed by atoms with Crippen LogP contribution >= 0.6 is 0 Å². The molecule has 0 spiro atoms. The van der Waals surface area contributed by atoms with Crippen molar-refractivity contribution in [2.75, 3.05) is 5.32 Å². The monoisotopic (exact) mass is 416 g/mol. The molecule has 30 heavy (non-hydrogen) atoms. The molecule has 3 aromatic rings. The van der Waals surface area contributed by atoms with Gasteiger partial charge in [0, 0.05) is 18.0 Å². The van der Waals surface area contributed by atoms with Crippen LogP contribution in [0.25, 0.3) is 0 Å². The SMILES string of the molecule is [O-]/C(=N\c1c[n+]([C@@H]2CCC[C@H]2c2ccccc2)no1)Nc1cccc(C(F)(F)F)c1. The summed E-state index contributed by atoms with van der Waals surface area (Å²) in [6, 6.07) is 13.7. The Morgan fingerprint density at radius 2 is 1.93 bits per heavy atom. The number of hydrogen-bond donors (Lipinski definition) is 1. The van der Waals surface area contributed by atoms with E-state index in [0.29, 0.717) is 0 Å². The highest BCUT2D eigenvalue weighted by Crippen LogP contribution is 2.39. The average Bonchev–Trinajstić information content (AvgIpc) is 3.37. The maximum Gasteiger partial charge on any atom is 0.416 e. The van der Waals surface area contributed by atoms with Gasteiger partial charge in [0.05, 0.1) is 11.6 Å². The third-order valence-electron chi connectivity index (χ3n) is 5.17. The molecule has 1 aliphatic carbocycles. The highest BCUT2D eigenvalue weighted by atomic mass is 19.4. The van der Waals surface area contributed by atoms with Gasteiger partial charge in [0.1, 0.15) is 0 Å². The topological polar surface area (TPSA) is 77.4 Å². The zero-order valence-electron chi connectivity index (χ0n) is 15.8. The third kappa shape index (κ3) is 4.45. The van der Waals surface area contributed by atoms with E-state index in [4.69, 9.17) is 4.52 Å². The molecule has 1 aliphatic rings. The van der Waals surface area contributed by atoms with Gasteiger partial charge in [0.25, 0.3) is 6.20 Å². The number of nitrogens with zero attached hydrogens (tertiary/aromatic N) is 3. The number of hydrogen-bond acceptors (Lipinski definition) is 4. The Bertz CT molecular complexity index is 1030. The number of halogens is 3. The molecular formula is C21H19F3N4O2. The van der Waals surface area contributed by atoms with Crippen LogP contribution < -0.4 is 15.1 Å². The van der Waals surface area contributed by atoms with Gasteiger partial charge in [-0.15, -0.1) is 0 Å². The average molecular weight is 416 g/mol. The largest absolute Gasteiger partial charge is 0.846 e. The van der Waals surface area contributed by atoms with E-state index in [1.165, 1.54) is 23.9 Å². The van der Waals surface area contributed by atoms with Crippen LogP contribution in [0.5, 0.6) is 0 Å². The van der Waals surface area contributed by atoms with Crippen LogP contribution in [0.4, 0.5) is 24.7 Å². The third-order valence-corrected chi connectivity index (χ3v) is 5.17. The molecule has 1 heterocycles. The second kappa shape index (κ2) is 8.17. The van der Waals surface area contributed by atoms with Gasteiger partial charge in [0.2, 0.25) is 5.27 Å². The van der Waals surface area contributed by atoms with Gasteiger partial charge < -0.3 is 10.4 Å². The first kappa shape index (κ1) is 19.9. The number of aliphatic imine (C=N–C) groups is 1. The van der Waals surface area contributed by atoms with Crippen LogP contribution in [0.2, 0.25) is 0 Å². The summed E-state index contributed by atoms with van der Waals surface area (Å²) in [6.07, 6.45) is 0.0405. The van der Waals surface area contributed by atoms with Crippen molar-refractivity contribution in [2.45, 2.75) is 37.4 Å². The van der Waals surface area contributed by atoms with E-state index in [1.807, 2.05) is 18.2 Å². The molecule has 0 radical (unpaired) electrons. The van der Waals surface area contributed by atoms with Crippen molar-refractivity contribution in [1.29, 1.82) is 0 Å². The molecule has 0 unspecified atom stereocenters. The Morgan fingerprint density at radius 3 is 2.70 bits per heavy atom. The quantitative estimate of drug-likeness (QED) is 0.397. The van der Waals surface area contributed by atoms with Gasteiger partial charge >= 0.3 is 12.1 Å². The van der Waals surface area contributed by atoms with Gasteiger partial charge in [-0.05, 0) is 41.3 Å². The number of alkyl halides is 3. The molecule has 0 bridgehead atoms. The molecular weight excluding hydrogens is 397 g/mol. The lowest BCUT2D eigenvalue weighted by Gasteiger charge is -2.14. The zero-order valence-corrected chi connectivity index (χ0v) is 15.8. The molecule has 1 fully saturated rings. The Balaban J connectivity index is 1.48. The van der Waals surface area contributed by atoms with Crippen molar-refractivity contribution in [3.8, 4) is 0 Å². The molecule has 9 heteroatoms. The summed E-state index contributed by atoms with van der Waals surface area (Å²) in [7, 11) is 0. The van der Waals surface area contributed by atoms with E-state index in [2.05, 4.69) is 27.7 Å². The van der Waals surface area contributed by atoms with Crippen molar-refractivity contribution in [2.24, 2.45) is 4.99 Å². The molecule has 1 N–H and O–H groups in total. The molecule has 0 amide bonds. The molecule has 2 atom stereocenters. The maximum atomic E-state index is 12.8. The van der Waals surface area contributed by atoms with Crippen LogP contribution in [-0.4, -0.2) is 11.3 Å². The lowest BCUT2D eigenvalue weighted by molar-refractivity contribution is -0.786.